The van der Waals surface area contributed by atoms with E-state index in [4.69, 9.17) is 0 Å². The molecular formula is C14H19Br2N. The standard InChI is InChI=1S/C14H19Br2N/c1-10(2)9-17(13-5-6-13)14-7-12(16)4-3-11(14)8-15/h3-4,7,10,13H,5-6,8-9H2,1-2H3. The highest BCUT2D eigenvalue weighted by Gasteiger charge is 2.30. The maximum absolute atomic E-state index is 3.59. The molecule has 0 saturated heterocycles. The lowest BCUT2D eigenvalue weighted by Crippen LogP contribution is -2.30. The Kier molecular flexibility index (Phi) is 4.53. The molecule has 1 aliphatic rings. The van der Waals surface area contributed by atoms with Crippen LogP contribution in [0.5, 0.6) is 0 Å². The van der Waals surface area contributed by atoms with Gasteiger partial charge in [0.25, 0.3) is 0 Å². The first kappa shape index (κ1) is 13.4. The van der Waals surface area contributed by atoms with E-state index in [-0.39, 0.29) is 0 Å². The van der Waals surface area contributed by atoms with Gasteiger partial charge in [-0.3, -0.25) is 0 Å². The van der Waals surface area contributed by atoms with Crippen LogP contribution in [0.3, 0.4) is 0 Å². The Bertz CT molecular complexity index is 386. The second-order valence-corrected chi connectivity index (χ2v) is 6.66. The second kappa shape index (κ2) is 5.75. The molecule has 0 atom stereocenters. The van der Waals surface area contributed by atoms with Crippen molar-refractivity contribution in [2.75, 3.05) is 11.4 Å². The van der Waals surface area contributed by atoms with Gasteiger partial charge < -0.3 is 4.90 Å². The third-order valence-corrected chi connectivity index (χ3v) is 4.15. The van der Waals surface area contributed by atoms with Crippen molar-refractivity contribution in [3.63, 3.8) is 0 Å². The quantitative estimate of drug-likeness (QED) is 0.670. The zero-order valence-corrected chi connectivity index (χ0v) is 13.6. The molecule has 1 aliphatic carbocycles. The maximum atomic E-state index is 3.59. The second-order valence-electron chi connectivity index (χ2n) is 5.18. The predicted octanol–water partition coefficient (Wildman–Crippen LogP) is 4.97. The minimum Gasteiger partial charge on any atom is -0.368 e. The van der Waals surface area contributed by atoms with Crippen LogP contribution in [0.1, 0.15) is 32.3 Å². The van der Waals surface area contributed by atoms with Gasteiger partial charge in [-0.05, 0) is 36.5 Å². The lowest BCUT2D eigenvalue weighted by molar-refractivity contribution is 0.606. The fourth-order valence-electron chi connectivity index (χ4n) is 2.14. The van der Waals surface area contributed by atoms with E-state index >= 15 is 0 Å². The Morgan fingerprint density at radius 1 is 1.35 bits per heavy atom. The smallest absolute Gasteiger partial charge is 0.0421 e. The molecule has 94 valence electrons. The van der Waals surface area contributed by atoms with Crippen LogP contribution < -0.4 is 4.90 Å². The molecule has 1 fully saturated rings. The number of benzene rings is 1. The first-order valence-corrected chi connectivity index (χ1v) is 8.14. The van der Waals surface area contributed by atoms with Crippen molar-refractivity contribution in [2.24, 2.45) is 5.92 Å². The molecule has 1 aromatic carbocycles. The van der Waals surface area contributed by atoms with E-state index in [1.165, 1.54) is 28.6 Å². The Morgan fingerprint density at radius 2 is 2.06 bits per heavy atom. The van der Waals surface area contributed by atoms with Gasteiger partial charge in [0, 0.05) is 28.1 Å². The van der Waals surface area contributed by atoms with Crippen LogP contribution in [0, 0.1) is 5.92 Å². The Balaban J connectivity index is 2.30. The first-order chi connectivity index (χ1) is 8.11. The third-order valence-electron chi connectivity index (χ3n) is 3.05. The maximum Gasteiger partial charge on any atom is 0.0421 e. The predicted molar refractivity (Wildman–Crippen MR) is 82.0 cm³/mol. The summed E-state index contributed by atoms with van der Waals surface area (Å²) < 4.78 is 1.17. The monoisotopic (exact) mass is 359 g/mol. The molecule has 1 saturated carbocycles. The molecule has 1 aromatic rings. The number of rotatable bonds is 5. The highest BCUT2D eigenvalue weighted by atomic mass is 79.9. The summed E-state index contributed by atoms with van der Waals surface area (Å²) in [5.41, 5.74) is 2.79. The number of hydrogen-bond acceptors (Lipinski definition) is 1. The molecule has 0 heterocycles. The molecule has 0 unspecified atom stereocenters. The van der Waals surface area contributed by atoms with Crippen LogP contribution in [0.25, 0.3) is 0 Å². The molecular weight excluding hydrogens is 342 g/mol. The Labute approximate surface area is 121 Å². The van der Waals surface area contributed by atoms with Crippen molar-refractivity contribution in [2.45, 2.75) is 38.1 Å². The fraction of sp³-hybridized carbons (Fsp3) is 0.571. The minimum atomic E-state index is 0.706. The summed E-state index contributed by atoms with van der Waals surface area (Å²) in [6.07, 6.45) is 2.70. The van der Waals surface area contributed by atoms with Crippen LogP contribution in [0.15, 0.2) is 22.7 Å². The average Bonchev–Trinajstić information content (AvgIpc) is 3.09. The van der Waals surface area contributed by atoms with Crippen molar-refractivity contribution in [1.29, 1.82) is 0 Å². The van der Waals surface area contributed by atoms with Gasteiger partial charge in [0.15, 0.2) is 0 Å². The summed E-state index contributed by atoms with van der Waals surface area (Å²) in [5.74, 6) is 0.706. The molecule has 0 amide bonds. The molecule has 0 spiro atoms. The highest BCUT2D eigenvalue weighted by molar-refractivity contribution is 9.10. The van der Waals surface area contributed by atoms with Gasteiger partial charge in [0.2, 0.25) is 0 Å². The Hall–Kier alpha value is -0.0200. The molecule has 0 bridgehead atoms. The van der Waals surface area contributed by atoms with Crippen molar-refractivity contribution >= 4 is 37.5 Å². The van der Waals surface area contributed by atoms with Crippen LogP contribution in [-0.2, 0) is 5.33 Å². The highest BCUT2D eigenvalue weighted by Crippen LogP contribution is 2.36. The summed E-state index contributed by atoms with van der Waals surface area (Å²) in [4.78, 5) is 2.59. The topological polar surface area (TPSA) is 3.24 Å². The van der Waals surface area contributed by atoms with Crippen LogP contribution >= 0.6 is 31.9 Å². The van der Waals surface area contributed by atoms with Crippen LogP contribution in [-0.4, -0.2) is 12.6 Å². The van der Waals surface area contributed by atoms with Crippen molar-refractivity contribution in [3.8, 4) is 0 Å². The molecule has 0 aliphatic heterocycles. The summed E-state index contributed by atoms with van der Waals surface area (Å²) >= 11 is 7.18. The summed E-state index contributed by atoms with van der Waals surface area (Å²) in [7, 11) is 0. The van der Waals surface area contributed by atoms with Crippen molar-refractivity contribution in [1.82, 2.24) is 0 Å². The van der Waals surface area contributed by atoms with Gasteiger partial charge in [-0.2, -0.15) is 0 Å². The van der Waals surface area contributed by atoms with Gasteiger partial charge in [0.1, 0.15) is 0 Å². The zero-order valence-electron chi connectivity index (χ0n) is 10.4. The fourth-order valence-corrected chi connectivity index (χ4v) is 2.96. The van der Waals surface area contributed by atoms with E-state index in [1.54, 1.807) is 0 Å². The van der Waals surface area contributed by atoms with Gasteiger partial charge in [-0.15, -0.1) is 0 Å². The minimum absolute atomic E-state index is 0.706. The molecule has 3 heteroatoms. The van der Waals surface area contributed by atoms with E-state index in [0.29, 0.717) is 5.92 Å². The van der Waals surface area contributed by atoms with E-state index in [2.05, 4.69) is 68.8 Å². The average molecular weight is 361 g/mol. The van der Waals surface area contributed by atoms with Gasteiger partial charge in [0.05, 0.1) is 0 Å². The molecule has 1 nitrogen and oxygen atoms in total. The van der Waals surface area contributed by atoms with Gasteiger partial charge >= 0.3 is 0 Å². The number of halogens is 2. The normalized spacial score (nSPS) is 15.4. The summed E-state index contributed by atoms with van der Waals surface area (Å²) in [6.45, 7) is 5.74. The SMILES string of the molecule is CC(C)CN(c1cc(Br)ccc1CBr)C1CC1. The summed E-state index contributed by atoms with van der Waals surface area (Å²) in [5, 5.41) is 0.928. The lowest BCUT2D eigenvalue weighted by atomic mass is 10.1. The lowest BCUT2D eigenvalue weighted by Gasteiger charge is -2.29. The third kappa shape index (κ3) is 3.47. The van der Waals surface area contributed by atoms with Crippen molar-refractivity contribution < 1.29 is 0 Å². The molecule has 0 aromatic heterocycles. The molecule has 2 rings (SSSR count). The van der Waals surface area contributed by atoms with Gasteiger partial charge in [-0.1, -0.05) is 51.8 Å². The number of anilines is 1. The molecule has 0 N–H and O–H groups in total. The number of alkyl halides is 1. The number of hydrogen-bond donors (Lipinski definition) is 0. The van der Waals surface area contributed by atoms with Crippen molar-refractivity contribution in [3.05, 3.63) is 28.2 Å². The van der Waals surface area contributed by atoms with E-state index in [9.17, 15) is 0 Å². The van der Waals surface area contributed by atoms with Crippen LogP contribution in [0.4, 0.5) is 5.69 Å². The number of nitrogens with zero attached hydrogens (tertiary/aromatic N) is 1. The van der Waals surface area contributed by atoms with E-state index in [1.807, 2.05) is 0 Å². The Morgan fingerprint density at radius 3 is 2.59 bits per heavy atom. The van der Waals surface area contributed by atoms with Gasteiger partial charge in [-0.25, -0.2) is 0 Å². The molecule has 0 radical (unpaired) electrons. The zero-order chi connectivity index (χ0) is 12.4. The summed E-state index contributed by atoms with van der Waals surface area (Å²) in [6, 6.07) is 7.37. The molecule has 17 heavy (non-hydrogen) atoms. The largest absolute Gasteiger partial charge is 0.368 e. The van der Waals surface area contributed by atoms with E-state index < -0.39 is 0 Å². The first-order valence-electron chi connectivity index (χ1n) is 6.23. The van der Waals surface area contributed by atoms with Crippen LogP contribution in [0.2, 0.25) is 0 Å². The van der Waals surface area contributed by atoms with E-state index in [0.717, 1.165) is 17.9 Å².